The maximum Gasteiger partial charge on any atom is 0.248 e. The molecule has 0 bridgehead atoms. The van der Waals surface area contributed by atoms with Crippen LogP contribution >= 0.6 is 0 Å². The summed E-state index contributed by atoms with van der Waals surface area (Å²) in [5.41, 5.74) is 3.07. The van der Waals surface area contributed by atoms with Gasteiger partial charge in [0, 0.05) is 17.7 Å². The molecule has 3 rings (SSSR count). The molecule has 0 saturated carbocycles. The summed E-state index contributed by atoms with van der Waals surface area (Å²) in [5.74, 6) is -0.0205. The Morgan fingerprint density at radius 3 is 2.48 bits per heavy atom. The Morgan fingerprint density at radius 2 is 1.74 bits per heavy atom. The Bertz CT molecular complexity index is 949. The zero-order valence-corrected chi connectivity index (χ0v) is 15.1. The van der Waals surface area contributed by atoms with Crippen LogP contribution in [0.25, 0.3) is 11.4 Å². The molecule has 1 heterocycles. The second-order valence-electron chi connectivity index (χ2n) is 6.00. The third kappa shape index (κ3) is 4.75. The van der Waals surface area contributed by atoms with Crippen molar-refractivity contribution in [3.8, 4) is 11.4 Å². The molecular weight excluding hydrogens is 344 g/mol. The van der Waals surface area contributed by atoms with E-state index in [0.717, 1.165) is 5.56 Å². The number of nitrogens with zero attached hydrogens (tertiary/aromatic N) is 4. The molecule has 8 nitrogen and oxygen atoms in total. The lowest BCUT2D eigenvalue weighted by atomic mass is 10.1. The molecular formula is C19H20N6O2. The van der Waals surface area contributed by atoms with Crippen LogP contribution in [0.3, 0.4) is 0 Å². The molecule has 3 aromatic rings. The van der Waals surface area contributed by atoms with Crippen LogP contribution < -0.4 is 10.6 Å². The zero-order chi connectivity index (χ0) is 19.2. The first kappa shape index (κ1) is 18.2. The van der Waals surface area contributed by atoms with E-state index in [1.807, 2.05) is 43.3 Å². The van der Waals surface area contributed by atoms with E-state index in [1.165, 1.54) is 4.80 Å². The van der Waals surface area contributed by atoms with Crippen LogP contribution in [0, 0.1) is 6.92 Å². The highest BCUT2D eigenvalue weighted by Gasteiger charge is 2.13. The molecule has 27 heavy (non-hydrogen) atoms. The van der Waals surface area contributed by atoms with Crippen molar-refractivity contribution in [2.75, 3.05) is 10.6 Å². The quantitative estimate of drug-likeness (QED) is 0.700. The van der Waals surface area contributed by atoms with Crippen LogP contribution in [0.4, 0.5) is 11.4 Å². The summed E-state index contributed by atoms with van der Waals surface area (Å²) in [6, 6.07) is 14.7. The van der Waals surface area contributed by atoms with Crippen molar-refractivity contribution >= 4 is 23.2 Å². The molecule has 0 aliphatic rings. The number of rotatable bonds is 6. The Balaban J connectivity index is 1.71. The second kappa shape index (κ2) is 8.22. The van der Waals surface area contributed by atoms with Gasteiger partial charge in [-0.1, -0.05) is 36.8 Å². The van der Waals surface area contributed by atoms with Crippen molar-refractivity contribution < 1.29 is 9.59 Å². The maximum atomic E-state index is 12.2. The summed E-state index contributed by atoms with van der Waals surface area (Å²) in [4.78, 5) is 25.1. The average Bonchev–Trinajstić information content (AvgIpc) is 3.12. The number of hydrogen-bond acceptors (Lipinski definition) is 5. The number of carbonyl (C=O) groups is 2. The normalized spacial score (nSPS) is 10.4. The first-order chi connectivity index (χ1) is 13.0. The SMILES string of the molecule is CCC(=O)Nc1ccccc1-c1nnn(CC(=O)Nc2ccc(C)cc2)n1. The highest BCUT2D eigenvalue weighted by Crippen LogP contribution is 2.24. The molecule has 1 aromatic heterocycles. The number of anilines is 2. The lowest BCUT2D eigenvalue weighted by Crippen LogP contribution is -2.20. The Morgan fingerprint density at radius 1 is 1.00 bits per heavy atom. The van der Waals surface area contributed by atoms with Gasteiger partial charge in [-0.05, 0) is 36.4 Å². The van der Waals surface area contributed by atoms with E-state index in [-0.39, 0.29) is 18.4 Å². The predicted molar refractivity (Wildman–Crippen MR) is 102 cm³/mol. The zero-order valence-electron chi connectivity index (χ0n) is 15.1. The van der Waals surface area contributed by atoms with E-state index in [0.29, 0.717) is 29.2 Å². The Hall–Kier alpha value is -3.55. The van der Waals surface area contributed by atoms with Crippen molar-refractivity contribution in [2.45, 2.75) is 26.8 Å². The first-order valence-electron chi connectivity index (χ1n) is 8.58. The highest BCUT2D eigenvalue weighted by atomic mass is 16.2. The molecule has 2 amide bonds. The van der Waals surface area contributed by atoms with Gasteiger partial charge in [0.25, 0.3) is 0 Å². The number of amides is 2. The number of aromatic nitrogens is 4. The van der Waals surface area contributed by atoms with E-state index in [4.69, 9.17) is 0 Å². The number of tetrazole rings is 1. The van der Waals surface area contributed by atoms with Crippen molar-refractivity contribution in [2.24, 2.45) is 0 Å². The van der Waals surface area contributed by atoms with Crippen LogP contribution in [0.15, 0.2) is 48.5 Å². The maximum absolute atomic E-state index is 12.2. The van der Waals surface area contributed by atoms with Crippen molar-refractivity contribution in [3.63, 3.8) is 0 Å². The fraction of sp³-hybridized carbons (Fsp3) is 0.211. The molecule has 0 radical (unpaired) electrons. The monoisotopic (exact) mass is 364 g/mol. The molecule has 0 fully saturated rings. The molecule has 2 N–H and O–H groups in total. The first-order valence-corrected chi connectivity index (χ1v) is 8.58. The van der Waals surface area contributed by atoms with Crippen molar-refractivity contribution in [1.29, 1.82) is 0 Å². The highest BCUT2D eigenvalue weighted by molar-refractivity contribution is 5.94. The number of benzene rings is 2. The summed E-state index contributed by atoms with van der Waals surface area (Å²) < 4.78 is 0. The average molecular weight is 364 g/mol. The summed E-state index contributed by atoms with van der Waals surface area (Å²) >= 11 is 0. The molecule has 0 aliphatic heterocycles. The number of para-hydroxylation sites is 1. The van der Waals surface area contributed by atoms with Gasteiger partial charge in [0.1, 0.15) is 6.54 Å². The molecule has 138 valence electrons. The van der Waals surface area contributed by atoms with Gasteiger partial charge in [0.15, 0.2) is 0 Å². The molecule has 0 aliphatic carbocycles. The predicted octanol–water partition coefficient (Wildman–Crippen LogP) is 2.64. The number of aryl methyl sites for hydroxylation is 1. The van der Waals surface area contributed by atoms with Crippen LogP contribution in [0.5, 0.6) is 0 Å². The molecule has 0 spiro atoms. The number of hydrogen-bond donors (Lipinski definition) is 2. The van der Waals surface area contributed by atoms with Crippen molar-refractivity contribution in [1.82, 2.24) is 20.2 Å². The minimum atomic E-state index is -0.254. The Labute approximate surface area is 156 Å². The molecule has 0 saturated heterocycles. The van der Waals surface area contributed by atoms with Gasteiger partial charge < -0.3 is 10.6 Å². The van der Waals surface area contributed by atoms with E-state index >= 15 is 0 Å². The van der Waals surface area contributed by atoms with Gasteiger partial charge in [-0.15, -0.1) is 10.2 Å². The molecule has 0 unspecified atom stereocenters. The smallest absolute Gasteiger partial charge is 0.248 e. The summed E-state index contributed by atoms with van der Waals surface area (Å²) in [6.45, 7) is 3.69. The van der Waals surface area contributed by atoms with Gasteiger partial charge in [-0.3, -0.25) is 9.59 Å². The molecule has 0 atom stereocenters. The fourth-order valence-corrected chi connectivity index (χ4v) is 2.41. The number of nitrogens with one attached hydrogen (secondary N) is 2. The third-order valence-electron chi connectivity index (χ3n) is 3.84. The summed E-state index contributed by atoms with van der Waals surface area (Å²) in [6.07, 6.45) is 0.369. The van der Waals surface area contributed by atoms with Crippen LogP contribution in [0.2, 0.25) is 0 Å². The minimum Gasteiger partial charge on any atom is -0.325 e. The standard InChI is InChI=1S/C19H20N6O2/c1-3-17(26)21-16-7-5-4-6-15(16)19-22-24-25(23-19)12-18(27)20-14-10-8-13(2)9-11-14/h4-11H,3,12H2,1-2H3,(H,20,27)(H,21,26). The fourth-order valence-electron chi connectivity index (χ4n) is 2.41. The van der Waals surface area contributed by atoms with Gasteiger partial charge in [-0.2, -0.15) is 4.80 Å². The van der Waals surface area contributed by atoms with E-state index in [9.17, 15) is 9.59 Å². The van der Waals surface area contributed by atoms with E-state index in [1.54, 1.807) is 19.1 Å². The molecule has 2 aromatic carbocycles. The summed E-state index contributed by atoms with van der Waals surface area (Å²) in [7, 11) is 0. The van der Waals surface area contributed by atoms with Gasteiger partial charge >= 0.3 is 0 Å². The lowest BCUT2D eigenvalue weighted by molar-refractivity contribution is -0.117. The van der Waals surface area contributed by atoms with Gasteiger partial charge in [0.2, 0.25) is 17.6 Å². The largest absolute Gasteiger partial charge is 0.325 e. The van der Waals surface area contributed by atoms with Crippen LogP contribution in [0.1, 0.15) is 18.9 Å². The van der Waals surface area contributed by atoms with E-state index < -0.39 is 0 Å². The lowest BCUT2D eigenvalue weighted by Gasteiger charge is -2.07. The molecule has 8 heteroatoms. The third-order valence-corrected chi connectivity index (χ3v) is 3.84. The Kier molecular flexibility index (Phi) is 5.55. The van der Waals surface area contributed by atoms with E-state index in [2.05, 4.69) is 26.0 Å². The van der Waals surface area contributed by atoms with Crippen molar-refractivity contribution in [3.05, 3.63) is 54.1 Å². The van der Waals surface area contributed by atoms with Crippen LogP contribution in [-0.4, -0.2) is 32.0 Å². The second-order valence-corrected chi connectivity index (χ2v) is 6.00. The number of carbonyl (C=O) groups excluding carboxylic acids is 2. The minimum absolute atomic E-state index is 0.0651. The topological polar surface area (TPSA) is 102 Å². The van der Waals surface area contributed by atoms with Gasteiger partial charge in [-0.25, -0.2) is 0 Å². The van der Waals surface area contributed by atoms with Gasteiger partial charge in [0.05, 0.1) is 5.69 Å². The summed E-state index contributed by atoms with van der Waals surface area (Å²) in [5, 5.41) is 17.8. The van der Waals surface area contributed by atoms with Crippen LogP contribution in [-0.2, 0) is 16.1 Å².